The van der Waals surface area contributed by atoms with Crippen LogP contribution in [0.15, 0.2) is 24.3 Å². The Morgan fingerprint density at radius 2 is 2.09 bits per heavy atom. The molecule has 2 aromatic rings. The van der Waals surface area contributed by atoms with E-state index < -0.39 is 0 Å². The number of nitrogens with zero attached hydrogens (tertiary/aromatic N) is 3. The van der Waals surface area contributed by atoms with Gasteiger partial charge in [-0.15, -0.1) is 10.2 Å². The second kappa shape index (κ2) is 7.49. The third-order valence-corrected chi connectivity index (χ3v) is 4.22. The molecule has 0 radical (unpaired) electrons. The molecule has 1 amide bonds. The molecule has 0 saturated carbocycles. The maximum atomic E-state index is 12.3. The summed E-state index contributed by atoms with van der Waals surface area (Å²) < 4.78 is 0. The summed E-state index contributed by atoms with van der Waals surface area (Å²) in [5.41, 5.74) is 2.24. The van der Waals surface area contributed by atoms with Gasteiger partial charge in [-0.2, -0.15) is 0 Å². The highest BCUT2D eigenvalue weighted by molar-refractivity contribution is 7.18. The van der Waals surface area contributed by atoms with E-state index in [1.807, 2.05) is 19.1 Å². The number of aromatic nitrogens is 2. The number of amides is 1. The first-order valence-corrected chi connectivity index (χ1v) is 8.53. The van der Waals surface area contributed by atoms with Crippen LogP contribution in [-0.4, -0.2) is 22.6 Å². The lowest BCUT2D eigenvalue weighted by molar-refractivity contribution is -0.118. The molecular weight excluding hydrogens is 294 g/mol. The summed E-state index contributed by atoms with van der Waals surface area (Å²) in [5.74, 6) is 0.523. The molecule has 2 rings (SSSR count). The minimum Gasteiger partial charge on any atom is -0.286 e. The fourth-order valence-electron chi connectivity index (χ4n) is 2.22. The molecule has 1 aromatic carbocycles. The Kier molecular flexibility index (Phi) is 5.66. The second-order valence-electron chi connectivity index (χ2n) is 5.91. The first-order chi connectivity index (χ1) is 10.5. The molecule has 0 aliphatic carbocycles. The van der Waals surface area contributed by atoms with Gasteiger partial charge in [-0.3, -0.25) is 9.69 Å². The standard InChI is InChI=1S/C17H23N3OS/c1-5-7-15(21)20(11-12(2)3)17-19-18-16(22-17)14-9-6-8-13(4)10-14/h6,8-10,12H,5,7,11H2,1-4H3. The Hall–Kier alpha value is -1.75. The topological polar surface area (TPSA) is 46.1 Å². The summed E-state index contributed by atoms with van der Waals surface area (Å²) in [4.78, 5) is 14.1. The van der Waals surface area contributed by atoms with Crippen molar-refractivity contribution in [3.63, 3.8) is 0 Å². The third-order valence-electron chi connectivity index (χ3n) is 3.22. The Balaban J connectivity index is 2.28. The summed E-state index contributed by atoms with van der Waals surface area (Å²) in [6.07, 6.45) is 1.39. The Morgan fingerprint density at radius 1 is 1.32 bits per heavy atom. The van der Waals surface area contributed by atoms with Crippen LogP contribution in [0.25, 0.3) is 10.6 Å². The lowest BCUT2D eigenvalue weighted by atomic mass is 10.1. The van der Waals surface area contributed by atoms with Gasteiger partial charge in [0.25, 0.3) is 0 Å². The molecule has 0 aliphatic heterocycles. The number of carbonyl (C=O) groups is 1. The molecular formula is C17H23N3OS. The van der Waals surface area contributed by atoms with E-state index in [0.717, 1.165) is 17.0 Å². The van der Waals surface area contributed by atoms with E-state index in [4.69, 9.17) is 0 Å². The summed E-state index contributed by atoms with van der Waals surface area (Å²) in [5, 5.41) is 10.1. The van der Waals surface area contributed by atoms with Crippen LogP contribution in [-0.2, 0) is 4.79 Å². The molecule has 0 unspecified atom stereocenters. The summed E-state index contributed by atoms with van der Waals surface area (Å²) in [6, 6.07) is 8.18. The highest BCUT2D eigenvalue weighted by Gasteiger charge is 2.20. The zero-order valence-electron chi connectivity index (χ0n) is 13.7. The van der Waals surface area contributed by atoms with Gasteiger partial charge in [0.2, 0.25) is 11.0 Å². The fraction of sp³-hybridized carbons (Fsp3) is 0.471. The zero-order chi connectivity index (χ0) is 16.1. The number of hydrogen-bond donors (Lipinski definition) is 0. The van der Waals surface area contributed by atoms with Gasteiger partial charge in [0, 0.05) is 18.5 Å². The minimum atomic E-state index is 0.128. The van der Waals surface area contributed by atoms with Crippen LogP contribution in [0.5, 0.6) is 0 Å². The molecule has 22 heavy (non-hydrogen) atoms. The molecule has 4 nitrogen and oxygen atoms in total. The van der Waals surface area contributed by atoms with Crippen LogP contribution in [0.3, 0.4) is 0 Å². The minimum absolute atomic E-state index is 0.128. The van der Waals surface area contributed by atoms with E-state index in [2.05, 4.69) is 43.1 Å². The fourth-order valence-corrected chi connectivity index (χ4v) is 3.09. The lowest BCUT2D eigenvalue weighted by Gasteiger charge is -2.21. The highest BCUT2D eigenvalue weighted by atomic mass is 32.1. The smallest absolute Gasteiger partial charge is 0.228 e. The lowest BCUT2D eigenvalue weighted by Crippen LogP contribution is -2.33. The van der Waals surface area contributed by atoms with Gasteiger partial charge < -0.3 is 0 Å². The van der Waals surface area contributed by atoms with Crippen molar-refractivity contribution in [1.82, 2.24) is 10.2 Å². The molecule has 0 saturated heterocycles. The Bertz CT molecular complexity index is 636. The van der Waals surface area contributed by atoms with Crippen LogP contribution in [0.2, 0.25) is 0 Å². The molecule has 0 N–H and O–H groups in total. The monoisotopic (exact) mass is 317 g/mol. The van der Waals surface area contributed by atoms with Gasteiger partial charge >= 0.3 is 0 Å². The van der Waals surface area contributed by atoms with Crippen LogP contribution >= 0.6 is 11.3 Å². The van der Waals surface area contributed by atoms with E-state index in [1.54, 1.807) is 4.90 Å². The SMILES string of the molecule is CCCC(=O)N(CC(C)C)c1nnc(-c2cccc(C)c2)s1. The third kappa shape index (κ3) is 4.13. The van der Waals surface area contributed by atoms with Crippen LogP contribution in [0.1, 0.15) is 39.2 Å². The van der Waals surface area contributed by atoms with Crippen molar-refractivity contribution in [2.24, 2.45) is 5.92 Å². The number of aryl methyl sites for hydroxylation is 1. The molecule has 0 aliphatic rings. The number of rotatable bonds is 6. The Labute approximate surface area is 136 Å². The predicted octanol–water partition coefficient (Wildman–Crippen LogP) is 4.30. The molecule has 0 fully saturated rings. The van der Waals surface area contributed by atoms with Crippen molar-refractivity contribution in [3.8, 4) is 10.6 Å². The van der Waals surface area contributed by atoms with Crippen molar-refractivity contribution >= 4 is 22.4 Å². The molecule has 5 heteroatoms. The van der Waals surface area contributed by atoms with Crippen LogP contribution in [0.4, 0.5) is 5.13 Å². The average Bonchev–Trinajstić information content (AvgIpc) is 2.94. The molecule has 1 heterocycles. The van der Waals surface area contributed by atoms with Crippen LogP contribution < -0.4 is 4.90 Å². The van der Waals surface area contributed by atoms with Gasteiger partial charge in [0.05, 0.1) is 0 Å². The van der Waals surface area contributed by atoms with E-state index in [1.165, 1.54) is 16.9 Å². The normalized spacial score (nSPS) is 11.0. The molecule has 0 bridgehead atoms. The van der Waals surface area contributed by atoms with Gasteiger partial charge in [0.1, 0.15) is 5.01 Å². The van der Waals surface area contributed by atoms with Gasteiger partial charge in [0.15, 0.2) is 0 Å². The maximum Gasteiger partial charge on any atom is 0.228 e. The summed E-state index contributed by atoms with van der Waals surface area (Å²) >= 11 is 1.48. The molecule has 1 aromatic heterocycles. The predicted molar refractivity (Wildman–Crippen MR) is 92.2 cm³/mol. The second-order valence-corrected chi connectivity index (χ2v) is 6.86. The van der Waals surface area contributed by atoms with Gasteiger partial charge in [-0.1, -0.05) is 55.9 Å². The summed E-state index contributed by atoms with van der Waals surface area (Å²) in [6.45, 7) is 8.97. The largest absolute Gasteiger partial charge is 0.286 e. The van der Waals surface area contributed by atoms with Crippen molar-refractivity contribution in [2.45, 2.75) is 40.5 Å². The van der Waals surface area contributed by atoms with Crippen molar-refractivity contribution < 1.29 is 4.79 Å². The van der Waals surface area contributed by atoms with Gasteiger partial charge in [-0.05, 0) is 25.3 Å². The number of anilines is 1. The first-order valence-electron chi connectivity index (χ1n) is 7.72. The molecule has 0 spiro atoms. The summed E-state index contributed by atoms with van der Waals surface area (Å²) in [7, 11) is 0. The van der Waals surface area contributed by atoms with E-state index in [-0.39, 0.29) is 5.91 Å². The van der Waals surface area contributed by atoms with E-state index >= 15 is 0 Å². The quantitative estimate of drug-likeness (QED) is 0.798. The van der Waals surface area contributed by atoms with E-state index in [9.17, 15) is 4.79 Å². The molecule has 118 valence electrons. The average molecular weight is 317 g/mol. The van der Waals surface area contributed by atoms with E-state index in [0.29, 0.717) is 24.0 Å². The highest BCUT2D eigenvalue weighted by Crippen LogP contribution is 2.30. The number of carbonyl (C=O) groups excluding carboxylic acids is 1. The maximum absolute atomic E-state index is 12.3. The van der Waals surface area contributed by atoms with Crippen molar-refractivity contribution in [2.75, 3.05) is 11.4 Å². The van der Waals surface area contributed by atoms with Crippen molar-refractivity contribution in [3.05, 3.63) is 29.8 Å². The Morgan fingerprint density at radius 3 is 2.73 bits per heavy atom. The number of hydrogen-bond acceptors (Lipinski definition) is 4. The molecule has 0 atom stereocenters. The van der Waals surface area contributed by atoms with Crippen LogP contribution in [0, 0.1) is 12.8 Å². The van der Waals surface area contributed by atoms with Crippen molar-refractivity contribution in [1.29, 1.82) is 0 Å². The van der Waals surface area contributed by atoms with Gasteiger partial charge in [-0.25, -0.2) is 0 Å². The number of benzene rings is 1. The zero-order valence-corrected chi connectivity index (χ0v) is 14.5. The first kappa shape index (κ1) is 16.6.